The second-order valence-electron chi connectivity index (χ2n) is 30.7. The number of ether oxygens (including phenoxy) is 1. The van der Waals surface area contributed by atoms with Gasteiger partial charge in [-0.3, -0.25) is 38.4 Å². The fourth-order valence-corrected chi connectivity index (χ4v) is 21.5. The first-order chi connectivity index (χ1) is 45.2. The number of nitrogens with zero attached hydrogens (tertiary/aromatic N) is 3. The van der Waals surface area contributed by atoms with Gasteiger partial charge in [-0.1, -0.05) is 32.0 Å². The van der Waals surface area contributed by atoms with Crippen LogP contribution in [0.5, 0.6) is 0 Å². The number of aliphatic hydroxyl groups excluding tert-OH is 1. The zero-order valence-electron chi connectivity index (χ0n) is 54.6. The zero-order valence-corrected chi connectivity index (χ0v) is 54.6. The van der Waals surface area contributed by atoms with Crippen molar-refractivity contribution in [3.05, 3.63) is 122 Å². The van der Waals surface area contributed by atoms with Crippen molar-refractivity contribution in [1.82, 2.24) is 13.7 Å². The number of amides is 5. The Morgan fingerprint density at radius 2 is 0.702 bits per heavy atom. The summed E-state index contributed by atoms with van der Waals surface area (Å²) in [5, 5.41) is 22.0. The van der Waals surface area contributed by atoms with Gasteiger partial charge in [0.25, 0.3) is 16.7 Å². The minimum absolute atomic E-state index is 0.00370. The Morgan fingerprint density at radius 1 is 0.436 bits per heavy atom. The van der Waals surface area contributed by atoms with Gasteiger partial charge in [0.05, 0.1) is 13.7 Å². The molecule has 0 saturated heterocycles. The number of hydrogen-bond donors (Lipinski definition) is 6. The molecular weight excluding hydrogens is 1190 g/mol. The number of esters is 1. The Kier molecular flexibility index (Phi) is 17.9. The van der Waals surface area contributed by atoms with Crippen LogP contribution in [-0.4, -0.2) is 68.0 Å². The van der Waals surface area contributed by atoms with Crippen LogP contribution >= 0.6 is 0 Å². The molecule has 18 rings (SSSR count). The summed E-state index contributed by atoms with van der Waals surface area (Å²) in [6.07, 6.45) is 30.1. The lowest BCUT2D eigenvalue weighted by Crippen LogP contribution is -2.47. The van der Waals surface area contributed by atoms with Crippen molar-refractivity contribution in [2.24, 2.45) is 81.0 Å². The van der Waals surface area contributed by atoms with E-state index in [1.807, 2.05) is 32.0 Å². The number of anilines is 3. The van der Waals surface area contributed by atoms with Crippen molar-refractivity contribution in [3.63, 3.8) is 0 Å². The number of aliphatic hydroxyl groups is 1. The lowest BCUT2D eigenvalue weighted by Gasteiger charge is -2.56. The number of hydrogen-bond acceptors (Lipinski definition) is 11. The van der Waals surface area contributed by atoms with E-state index in [1.54, 1.807) is 67.0 Å². The quantitative estimate of drug-likeness (QED) is 0.0440. The monoisotopic (exact) mass is 1280 g/mol. The SMILES string of the molecule is CC[C@H](C(=O)OC)n1ccc2c(NC(=O)CC34CC5CC(CC(C5)C3)C4)cccc2c1=O.CC[C@H](C(N)=O)n1ccc2c(NC(=O)CC34CC5CC(CC(C5)C3)C4)cccc2c1=O.NC(=O)[C@@H](CO)n1ccc2c(NC(=O)CC34CC5CC(CC(C5)C3)C4)cccc2c1=O. The van der Waals surface area contributed by atoms with Crippen LogP contribution in [0.15, 0.2) is 106 Å². The second kappa shape index (κ2) is 26.0. The number of fused-ring (bicyclic) bond motifs is 3. The number of carbonyl (C=O) groups excluding carboxylic acids is 6. The molecule has 3 aromatic carbocycles. The summed E-state index contributed by atoms with van der Waals surface area (Å²) >= 11 is 0. The fourth-order valence-electron chi connectivity index (χ4n) is 21.5. The van der Waals surface area contributed by atoms with Crippen LogP contribution in [0, 0.1) is 69.5 Å². The molecule has 8 N–H and O–H groups in total. The van der Waals surface area contributed by atoms with Crippen LogP contribution in [0.1, 0.15) is 180 Å². The Morgan fingerprint density at radius 3 is 0.947 bits per heavy atom. The molecule has 12 aliphatic rings. The molecule has 3 aromatic heterocycles. The maximum atomic E-state index is 13.1. The molecule has 3 heterocycles. The van der Waals surface area contributed by atoms with E-state index in [0.29, 0.717) is 81.5 Å². The number of nitrogens with two attached hydrogens (primary N) is 2. The van der Waals surface area contributed by atoms with Gasteiger partial charge in [-0.2, -0.15) is 0 Å². The maximum absolute atomic E-state index is 13.1. The summed E-state index contributed by atoms with van der Waals surface area (Å²) in [5.41, 5.74) is 12.2. The first-order valence-electron chi connectivity index (χ1n) is 34.7. The van der Waals surface area contributed by atoms with Crippen LogP contribution in [0.25, 0.3) is 32.3 Å². The van der Waals surface area contributed by atoms with Crippen LogP contribution in [0.3, 0.4) is 0 Å². The van der Waals surface area contributed by atoms with Gasteiger partial charge >= 0.3 is 5.97 Å². The van der Waals surface area contributed by atoms with Crippen molar-refractivity contribution in [2.45, 2.75) is 180 Å². The Balaban J connectivity index is 0.000000128. The number of benzene rings is 3. The van der Waals surface area contributed by atoms with Crippen molar-refractivity contribution in [3.8, 4) is 0 Å². The van der Waals surface area contributed by atoms with E-state index in [9.17, 15) is 48.3 Å². The molecule has 12 fully saturated rings. The predicted molar refractivity (Wildman–Crippen MR) is 361 cm³/mol. The van der Waals surface area contributed by atoms with E-state index >= 15 is 0 Å². The third-order valence-corrected chi connectivity index (χ3v) is 23.9. The number of aromatic nitrogens is 3. The van der Waals surface area contributed by atoms with Gasteiger partial charge in [-0.15, -0.1) is 0 Å². The van der Waals surface area contributed by atoms with Crippen LogP contribution in [-0.2, 0) is 33.5 Å². The molecule has 0 spiro atoms. The molecule has 0 radical (unpaired) electrons. The molecule has 0 unspecified atom stereocenters. The van der Waals surface area contributed by atoms with E-state index < -0.39 is 48.1 Å². The summed E-state index contributed by atoms with van der Waals surface area (Å²) in [6, 6.07) is 18.7. The van der Waals surface area contributed by atoms with E-state index in [0.717, 1.165) is 57.8 Å². The second-order valence-corrected chi connectivity index (χ2v) is 30.7. The molecule has 12 saturated carbocycles. The number of carbonyl (C=O) groups is 6. The Hall–Kier alpha value is -7.93. The highest BCUT2D eigenvalue weighted by Gasteiger charge is 2.54. The summed E-state index contributed by atoms with van der Waals surface area (Å²) in [5.74, 6) is 5.60. The molecule has 0 aliphatic heterocycles. The molecule has 94 heavy (non-hydrogen) atoms. The zero-order chi connectivity index (χ0) is 66.0. The first-order valence-corrected chi connectivity index (χ1v) is 34.7. The van der Waals surface area contributed by atoms with E-state index in [-0.39, 0.29) is 45.1 Å². The lowest BCUT2D eigenvalue weighted by molar-refractivity contribution is -0.144. The summed E-state index contributed by atoms with van der Waals surface area (Å²) in [4.78, 5) is 114. The number of nitrogens with one attached hydrogen (secondary N) is 3. The van der Waals surface area contributed by atoms with Crippen LogP contribution < -0.4 is 44.1 Å². The Labute approximate surface area is 547 Å². The highest BCUT2D eigenvalue weighted by atomic mass is 16.5. The molecule has 19 heteroatoms. The first kappa shape index (κ1) is 64.8. The molecule has 5 amide bonds. The van der Waals surface area contributed by atoms with Gasteiger partial charge in [0.2, 0.25) is 29.5 Å². The Bertz CT molecular complexity index is 3880. The van der Waals surface area contributed by atoms with E-state index in [2.05, 4.69) is 16.0 Å². The minimum atomic E-state index is -1.12. The predicted octanol–water partition coefficient (Wildman–Crippen LogP) is 11.2. The standard InChI is InChI=1S/C26H32N2O4.C25H31N3O3.C24H29N3O4/c1-3-22(25(31)32-2)28-8-7-19-20(24(28)30)5-4-6-21(19)27-23(29)15-26-12-16-9-17(13-26)11-18(10-16)14-26;1-2-21(23(26)30)28-7-6-18-19(24(28)31)4-3-5-20(18)27-22(29)14-25-11-15-8-16(12-25)10-17(9-15)13-25;25-22(30)20(13-28)27-5-4-17-18(23(27)31)2-1-3-19(17)26-21(29)12-24-9-14-6-15(10-24)8-16(7-14)11-24/h4-8,16-18,22H,3,9-15H2,1-2H3,(H,27,29);3-7,15-17,21H,2,8-14H2,1H3,(H2,26,30)(H,27,29);1-5,14-16,20,28H,6-13H2,(H2,25,30)(H,26,29)/t16?,17?,18?,22-,26?;15?,16?,17?,21-,25?;14?,15?,16?,20-,24?/m111/s1. The third-order valence-electron chi connectivity index (χ3n) is 23.9. The van der Waals surface area contributed by atoms with Crippen molar-refractivity contribution in [1.29, 1.82) is 0 Å². The third kappa shape index (κ3) is 12.8. The van der Waals surface area contributed by atoms with Gasteiger partial charge in [0.1, 0.15) is 18.1 Å². The van der Waals surface area contributed by atoms with Crippen molar-refractivity contribution < 1.29 is 38.6 Å². The van der Waals surface area contributed by atoms with Crippen LogP contribution in [0.4, 0.5) is 17.1 Å². The van der Waals surface area contributed by atoms with Crippen LogP contribution in [0.2, 0.25) is 0 Å². The van der Waals surface area contributed by atoms with Gasteiger partial charge in [0, 0.05) is 87.2 Å². The number of rotatable bonds is 18. The van der Waals surface area contributed by atoms with Gasteiger partial charge in [-0.25, -0.2) is 4.79 Å². The minimum Gasteiger partial charge on any atom is -0.467 e. The molecule has 19 nitrogen and oxygen atoms in total. The normalized spacial score (nSPS) is 29.6. The van der Waals surface area contributed by atoms with Gasteiger partial charge in [0.15, 0.2) is 0 Å². The number of pyridine rings is 3. The molecule has 12 aliphatic carbocycles. The fraction of sp³-hybridized carbons (Fsp3) is 0.560. The van der Waals surface area contributed by atoms with Crippen molar-refractivity contribution in [2.75, 3.05) is 29.7 Å². The smallest absolute Gasteiger partial charge is 0.328 e. The van der Waals surface area contributed by atoms with Gasteiger partial charge in [-0.05, 0) is 253 Å². The number of primary amides is 2. The number of methoxy groups -OCH3 is 1. The molecule has 498 valence electrons. The average molecular weight is 1280 g/mol. The average Bonchev–Trinajstić information content (AvgIpc) is 0.767. The topological polar surface area (TPSA) is 286 Å². The summed E-state index contributed by atoms with van der Waals surface area (Å²) < 4.78 is 8.83. The van der Waals surface area contributed by atoms with E-state index in [4.69, 9.17) is 16.2 Å². The molecular formula is C75H92N8O11. The highest BCUT2D eigenvalue weighted by molar-refractivity contribution is 6.04. The largest absolute Gasteiger partial charge is 0.467 e. The highest BCUT2D eigenvalue weighted by Crippen LogP contribution is 2.64. The summed E-state index contributed by atoms with van der Waals surface area (Å²) in [6.45, 7) is 3.12. The summed E-state index contributed by atoms with van der Waals surface area (Å²) in [7, 11) is 1.33. The molecule has 6 aromatic rings. The van der Waals surface area contributed by atoms with Crippen molar-refractivity contribution >= 4 is 84.9 Å². The molecule has 12 bridgehead atoms. The van der Waals surface area contributed by atoms with Gasteiger partial charge < -0.3 is 51.0 Å². The lowest BCUT2D eigenvalue weighted by atomic mass is 9.49. The maximum Gasteiger partial charge on any atom is 0.328 e. The van der Waals surface area contributed by atoms with E-state index in [1.165, 1.54) is 138 Å². The molecule has 3 atom stereocenters.